The van der Waals surface area contributed by atoms with E-state index in [4.69, 9.17) is 5.26 Å². The maximum absolute atomic E-state index is 8.59. The van der Waals surface area contributed by atoms with Crippen LogP contribution in [0.4, 0.5) is 0 Å². The zero-order valence-electron chi connectivity index (χ0n) is 6.78. The minimum atomic E-state index is 0.499. The van der Waals surface area contributed by atoms with Crippen LogP contribution in [0.1, 0.15) is 19.7 Å². The van der Waals surface area contributed by atoms with Crippen molar-refractivity contribution in [2.24, 2.45) is 5.92 Å². The SMILES string of the molecule is CC(C)Cn1ccnc1C#N. The number of hydrogen-bond donors (Lipinski definition) is 0. The zero-order chi connectivity index (χ0) is 8.27. The van der Waals surface area contributed by atoms with Gasteiger partial charge in [-0.25, -0.2) is 4.98 Å². The highest BCUT2D eigenvalue weighted by Crippen LogP contribution is 2.01. The van der Waals surface area contributed by atoms with E-state index in [0.29, 0.717) is 11.7 Å². The fourth-order valence-corrected chi connectivity index (χ4v) is 0.963. The van der Waals surface area contributed by atoms with E-state index in [0.717, 1.165) is 6.54 Å². The number of rotatable bonds is 2. The predicted octanol–water partition coefficient (Wildman–Crippen LogP) is 1.41. The summed E-state index contributed by atoms with van der Waals surface area (Å²) in [6, 6.07) is 2.03. The van der Waals surface area contributed by atoms with Crippen molar-refractivity contribution in [2.45, 2.75) is 20.4 Å². The summed E-state index contributed by atoms with van der Waals surface area (Å²) >= 11 is 0. The van der Waals surface area contributed by atoms with Gasteiger partial charge in [-0.1, -0.05) is 13.8 Å². The molecule has 0 unspecified atom stereocenters. The van der Waals surface area contributed by atoms with Crippen molar-refractivity contribution in [3.05, 3.63) is 18.2 Å². The van der Waals surface area contributed by atoms with Crippen molar-refractivity contribution in [1.29, 1.82) is 5.26 Å². The summed E-state index contributed by atoms with van der Waals surface area (Å²) in [5.74, 6) is 1.05. The molecule has 0 aliphatic rings. The predicted molar refractivity (Wildman–Crippen MR) is 41.8 cm³/mol. The monoisotopic (exact) mass is 149 g/mol. The highest BCUT2D eigenvalue weighted by Gasteiger charge is 2.01. The number of hydrogen-bond acceptors (Lipinski definition) is 2. The molecule has 0 saturated carbocycles. The third-order valence-electron chi connectivity index (χ3n) is 1.38. The third kappa shape index (κ3) is 1.81. The summed E-state index contributed by atoms with van der Waals surface area (Å²) in [5, 5.41) is 8.59. The maximum Gasteiger partial charge on any atom is 0.212 e. The first kappa shape index (κ1) is 7.80. The molecule has 0 saturated heterocycles. The lowest BCUT2D eigenvalue weighted by Gasteiger charge is -2.05. The Bertz CT molecular complexity index is 267. The van der Waals surface area contributed by atoms with Crippen LogP contribution in [-0.2, 0) is 6.54 Å². The van der Waals surface area contributed by atoms with E-state index in [-0.39, 0.29) is 0 Å². The van der Waals surface area contributed by atoms with E-state index >= 15 is 0 Å². The van der Waals surface area contributed by atoms with Gasteiger partial charge in [-0.2, -0.15) is 5.26 Å². The van der Waals surface area contributed by atoms with Gasteiger partial charge in [0, 0.05) is 18.9 Å². The Morgan fingerprint density at radius 2 is 2.45 bits per heavy atom. The van der Waals surface area contributed by atoms with Crippen LogP contribution in [0.25, 0.3) is 0 Å². The number of imidazole rings is 1. The largest absolute Gasteiger partial charge is 0.322 e. The van der Waals surface area contributed by atoms with Crippen LogP contribution < -0.4 is 0 Å². The van der Waals surface area contributed by atoms with Gasteiger partial charge in [0.1, 0.15) is 6.07 Å². The second-order valence-electron chi connectivity index (χ2n) is 2.91. The summed E-state index contributed by atoms with van der Waals surface area (Å²) in [6.07, 6.45) is 3.49. The van der Waals surface area contributed by atoms with Gasteiger partial charge in [0.2, 0.25) is 5.82 Å². The molecule has 0 N–H and O–H groups in total. The van der Waals surface area contributed by atoms with E-state index < -0.39 is 0 Å². The molecule has 1 aromatic rings. The van der Waals surface area contributed by atoms with Crippen molar-refractivity contribution in [2.75, 3.05) is 0 Å². The van der Waals surface area contributed by atoms with Crippen molar-refractivity contribution >= 4 is 0 Å². The molecule has 0 spiro atoms. The summed E-state index contributed by atoms with van der Waals surface area (Å²) in [7, 11) is 0. The molecule has 3 heteroatoms. The summed E-state index contributed by atoms with van der Waals surface area (Å²) in [4.78, 5) is 3.89. The van der Waals surface area contributed by atoms with E-state index in [1.165, 1.54) is 0 Å². The summed E-state index contributed by atoms with van der Waals surface area (Å²) in [6.45, 7) is 5.09. The molecule has 11 heavy (non-hydrogen) atoms. The van der Waals surface area contributed by atoms with Gasteiger partial charge >= 0.3 is 0 Å². The van der Waals surface area contributed by atoms with Crippen LogP contribution in [0, 0.1) is 17.2 Å². The smallest absolute Gasteiger partial charge is 0.212 e. The molecule has 3 nitrogen and oxygen atoms in total. The number of aromatic nitrogens is 2. The zero-order valence-corrected chi connectivity index (χ0v) is 6.78. The van der Waals surface area contributed by atoms with Crippen LogP contribution in [0.5, 0.6) is 0 Å². The molecule has 0 aliphatic heterocycles. The van der Waals surface area contributed by atoms with Gasteiger partial charge in [-0.15, -0.1) is 0 Å². The van der Waals surface area contributed by atoms with Crippen molar-refractivity contribution in [3.63, 3.8) is 0 Å². The molecule has 0 bridgehead atoms. The van der Waals surface area contributed by atoms with E-state index in [9.17, 15) is 0 Å². The Labute approximate surface area is 66.3 Å². The third-order valence-corrected chi connectivity index (χ3v) is 1.38. The highest BCUT2D eigenvalue weighted by molar-refractivity contribution is 5.10. The van der Waals surface area contributed by atoms with Crippen LogP contribution in [0.15, 0.2) is 12.4 Å². The second-order valence-corrected chi connectivity index (χ2v) is 2.91. The Balaban J connectivity index is 2.79. The molecule has 1 heterocycles. The lowest BCUT2D eigenvalue weighted by atomic mass is 10.2. The lowest BCUT2D eigenvalue weighted by molar-refractivity contribution is 0.519. The summed E-state index contributed by atoms with van der Waals surface area (Å²) in [5.41, 5.74) is 0. The number of nitrogens with zero attached hydrogens (tertiary/aromatic N) is 3. The summed E-state index contributed by atoms with van der Waals surface area (Å²) < 4.78 is 1.87. The second kappa shape index (κ2) is 3.20. The molecule has 0 radical (unpaired) electrons. The van der Waals surface area contributed by atoms with Gasteiger partial charge in [0.15, 0.2) is 0 Å². The molecule has 0 aliphatic carbocycles. The lowest BCUT2D eigenvalue weighted by Crippen LogP contribution is -2.05. The molecule has 58 valence electrons. The molecular weight excluding hydrogens is 138 g/mol. The van der Waals surface area contributed by atoms with Crippen molar-refractivity contribution in [1.82, 2.24) is 9.55 Å². The van der Waals surface area contributed by atoms with E-state index in [1.54, 1.807) is 6.20 Å². The van der Waals surface area contributed by atoms with Crippen molar-refractivity contribution in [3.8, 4) is 6.07 Å². The Morgan fingerprint density at radius 1 is 1.73 bits per heavy atom. The molecule has 0 fully saturated rings. The molecule has 0 aromatic carbocycles. The van der Waals surface area contributed by atoms with Crippen LogP contribution in [0.3, 0.4) is 0 Å². The fraction of sp³-hybridized carbons (Fsp3) is 0.500. The average Bonchev–Trinajstić information content (AvgIpc) is 2.34. The molecule has 1 aromatic heterocycles. The van der Waals surface area contributed by atoms with E-state index in [2.05, 4.69) is 18.8 Å². The molecule has 1 rings (SSSR count). The van der Waals surface area contributed by atoms with Crippen LogP contribution in [-0.4, -0.2) is 9.55 Å². The Hall–Kier alpha value is -1.30. The molecule has 0 atom stereocenters. The average molecular weight is 149 g/mol. The first-order valence-corrected chi connectivity index (χ1v) is 3.65. The minimum absolute atomic E-state index is 0.499. The Kier molecular flexibility index (Phi) is 2.27. The first-order valence-electron chi connectivity index (χ1n) is 3.65. The van der Waals surface area contributed by atoms with Gasteiger partial charge in [0.25, 0.3) is 0 Å². The topological polar surface area (TPSA) is 41.6 Å². The van der Waals surface area contributed by atoms with Crippen LogP contribution in [0.2, 0.25) is 0 Å². The quantitative estimate of drug-likeness (QED) is 0.638. The maximum atomic E-state index is 8.59. The van der Waals surface area contributed by atoms with Gasteiger partial charge < -0.3 is 4.57 Å². The Morgan fingerprint density at radius 3 is 3.00 bits per heavy atom. The van der Waals surface area contributed by atoms with Crippen LogP contribution >= 0.6 is 0 Å². The molecule has 0 amide bonds. The molecular formula is C8H11N3. The number of nitriles is 1. The normalized spacial score (nSPS) is 10.0. The van der Waals surface area contributed by atoms with Gasteiger partial charge in [-0.3, -0.25) is 0 Å². The van der Waals surface area contributed by atoms with Crippen molar-refractivity contribution < 1.29 is 0 Å². The van der Waals surface area contributed by atoms with E-state index in [1.807, 2.05) is 16.8 Å². The minimum Gasteiger partial charge on any atom is -0.322 e. The van der Waals surface area contributed by atoms with Gasteiger partial charge in [-0.05, 0) is 5.92 Å². The fourth-order valence-electron chi connectivity index (χ4n) is 0.963. The first-order chi connectivity index (χ1) is 5.24. The highest BCUT2D eigenvalue weighted by atomic mass is 15.1. The standard InChI is InChI=1S/C8H11N3/c1-7(2)6-11-4-3-10-8(11)5-9/h3-4,7H,6H2,1-2H3. The van der Waals surface area contributed by atoms with Gasteiger partial charge in [0.05, 0.1) is 0 Å².